The minimum absolute atomic E-state index is 0.103. The summed E-state index contributed by atoms with van der Waals surface area (Å²) in [5, 5.41) is 4.68. The van der Waals surface area contributed by atoms with E-state index in [-0.39, 0.29) is 5.56 Å². The van der Waals surface area contributed by atoms with Gasteiger partial charge in [0.1, 0.15) is 0 Å². The molecular formula is C31H32N4O. The van der Waals surface area contributed by atoms with Crippen LogP contribution in [-0.2, 0) is 6.54 Å². The second-order valence-electron chi connectivity index (χ2n) is 9.44. The van der Waals surface area contributed by atoms with Crippen LogP contribution >= 0.6 is 0 Å². The fourth-order valence-electron chi connectivity index (χ4n) is 4.68. The molecule has 0 radical (unpaired) electrons. The molecule has 3 aromatic carbocycles. The van der Waals surface area contributed by atoms with E-state index in [1.807, 2.05) is 18.2 Å². The quantitative estimate of drug-likeness (QED) is 0.232. The van der Waals surface area contributed by atoms with Crippen LogP contribution in [0, 0.1) is 0 Å². The highest BCUT2D eigenvalue weighted by molar-refractivity contribution is 6.04. The van der Waals surface area contributed by atoms with Gasteiger partial charge in [-0.15, -0.1) is 0 Å². The number of nitrogens with one attached hydrogen (secondary N) is 3. The number of hydrogen-bond donors (Lipinski definition) is 3. The van der Waals surface area contributed by atoms with Crippen molar-refractivity contribution in [2.75, 3.05) is 27.2 Å². The molecule has 5 heteroatoms. The number of nitrogens with zero attached hydrogens (tertiary/aromatic N) is 1. The molecule has 182 valence electrons. The molecule has 2 heterocycles. The molecule has 3 N–H and O–H groups in total. The average Bonchev–Trinajstić information content (AvgIpc) is 3.28. The Labute approximate surface area is 211 Å². The van der Waals surface area contributed by atoms with Crippen LogP contribution in [0.25, 0.3) is 44.4 Å². The number of pyridine rings is 1. The fraction of sp³-hybridized carbons (Fsp3) is 0.194. The maximum Gasteiger partial charge on any atom is 0.257 e. The molecule has 36 heavy (non-hydrogen) atoms. The van der Waals surface area contributed by atoms with E-state index in [1.165, 1.54) is 16.7 Å². The average molecular weight is 477 g/mol. The van der Waals surface area contributed by atoms with Crippen molar-refractivity contribution in [2.24, 2.45) is 0 Å². The molecule has 0 amide bonds. The van der Waals surface area contributed by atoms with Crippen LogP contribution < -0.4 is 10.9 Å². The monoisotopic (exact) mass is 476 g/mol. The Kier molecular flexibility index (Phi) is 7.12. The molecule has 5 rings (SSSR count). The highest BCUT2D eigenvalue weighted by Crippen LogP contribution is 2.38. The van der Waals surface area contributed by atoms with Crippen molar-refractivity contribution in [2.45, 2.75) is 13.0 Å². The zero-order valence-electron chi connectivity index (χ0n) is 20.8. The molecule has 0 saturated carbocycles. The molecule has 2 aromatic heterocycles. The van der Waals surface area contributed by atoms with Gasteiger partial charge in [-0.3, -0.25) is 4.79 Å². The zero-order valence-corrected chi connectivity index (χ0v) is 20.8. The molecule has 0 aliphatic heterocycles. The van der Waals surface area contributed by atoms with Crippen molar-refractivity contribution in [3.05, 3.63) is 107 Å². The molecule has 0 unspecified atom stereocenters. The van der Waals surface area contributed by atoms with Gasteiger partial charge in [0.15, 0.2) is 0 Å². The Morgan fingerprint density at radius 1 is 0.833 bits per heavy atom. The van der Waals surface area contributed by atoms with Crippen LogP contribution in [0.2, 0.25) is 0 Å². The molecule has 0 fully saturated rings. The van der Waals surface area contributed by atoms with E-state index in [9.17, 15) is 4.79 Å². The van der Waals surface area contributed by atoms with Crippen molar-refractivity contribution in [1.29, 1.82) is 0 Å². The Morgan fingerprint density at radius 2 is 1.58 bits per heavy atom. The third-order valence-corrected chi connectivity index (χ3v) is 6.52. The summed E-state index contributed by atoms with van der Waals surface area (Å²) in [6.07, 6.45) is 2.78. The van der Waals surface area contributed by atoms with Gasteiger partial charge >= 0.3 is 0 Å². The Bertz CT molecular complexity index is 1500. The lowest BCUT2D eigenvalue weighted by Crippen LogP contribution is -2.20. The predicted molar refractivity (Wildman–Crippen MR) is 150 cm³/mol. The molecule has 0 spiro atoms. The van der Waals surface area contributed by atoms with Gasteiger partial charge in [-0.1, -0.05) is 60.7 Å². The molecule has 0 atom stereocenters. The van der Waals surface area contributed by atoms with Crippen molar-refractivity contribution in [3.63, 3.8) is 0 Å². The molecule has 0 aliphatic rings. The van der Waals surface area contributed by atoms with Gasteiger partial charge in [-0.25, -0.2) is 0 Å². The minimum Gasteiger partial charge on any atom is -0.354 e. The largest absolute Gasteiger partial charge is 0.354 e. The summed E-state index contributed by atoms with van der Waals surface area (Å²) in [7, 11) is 4.20. The highest BCUT2D eigenvalue weighted by atomic mass is 16.1. The van der Waals surface area contributed by atoms with E-state index in [0.29, 0.717) is 5.56 Å². The summed E-state index contributed by atoms with van der Waals surface area (Å²) >= 11 is 0. The van der Waals surface area contributed by atoms with Crippen LogP contribution in [-0.4, -0.2) is 42.1 Å². The SMILES string of the molecule is CN(C)CCCNCc1ccc2[nH]c(-c3ccc[nH]c3=O)c(-c3ccc(-c4ccccc4)cc3)c2c1. The van der Waals surface area contributed by atoms with Gasteiger partial charge in [0.2, 0.25) is 0 Å². The Hall–Kier alpha value is -3.93. The third-order valence-electron chi connectivity index (χ3n) is 6.52. The first-order valence-corrected chi connectivity index (χ1v) is 12.4. The van der Waals surface area contributed by atoms with E-state index >= 15 is 0 Å². The van der Waals surface area contributed by atoms with Gasteiger partial charge in [-0.2, -0.15) is 0 Å². The fourth-order valence-corrected chi connectivity index (χ4v) is 4.68. The standard InChI is InChI=1S/C31H32N4O/c1-35(2)19-7-17-32-21-22-11-16-28-27(20-22)29(30(34-28)26-10-6-18-33-31(26)36)25-14-12-24(13-15-25)23-8-4-3-5-9-23/h3-6,8-16,18,20,32,34H,7,17,19,21H2,1-2H3,(H,33,36). The topological polar surface area (TPSA) is 63.9 Å². The third kappa shape index (κ3) is 5.18. The molecule has 0 saturated heterocycles. The van der Waals surface area contributed by atoms with Crippen LogP contribution in [0.1, 0.15) is 12.0 Å². The van der Waals surface area contributed by atoms with Crippen LogP contribution in [0.4, 0.5) is 0 Å². The number of fused-ring (bicyclic) bond motifs is 1. The van der Waals surface area contributed by atoms with Gasteiger partial charge in [0, 0.05) is 29.2 Å². The van der Waals surface area contributed by atoms with E-state index in [1.54, 1.807) is 6.20 Å². The molecular weight excluding hydrogens is 444 g/mol. The second kappa shape index (κ2) is 10.8. The summed E-state index contributed by atoms with van der Waals surface area (Å²) < 4.78 is 0. The van der Waals surface area contributed by atoms with Crippen LogP contribution in [0.5, 0.6) is 0 Å². The first kappa shape index (κ1) is 23.8. The predicted octanol–water partition coefficient (Wildman–Crippen LogP) is 5.90. The number of rotatable bonds is 9. The zero-order chi connectivity index (χ0) is 24.9. The molecule has 0 bridgehead atoms. The number of H-pyrrole nitrogens is 2. The van der Waals surface area contributed by atoms with Gasteiger partial charge in [-0.05, 0) is 80.1 Å². The van der Waals surface area contributed by atoms with Gasteiger partial charge in [0.05, 0.1) is 11.3 Å². The first-order chi connectivity index (χ1) is 17.6. The van der Waals surface area contributed by atoms with Crippen molar-refractivity contribution in [1.82, 2.24) is 20.2 Å². The summed E-state index contributed by atoms with van der Waals surface area (Å²) in [5.74, 6) is 0. The normalized spacial score (nSPS) is 11.4. The lowest BCUT2D eigenvalue weighted by Gasteiger charge is -2.10. The van der Waals surface area contributed by atoms with E-state index in [4.69, 9.17) is 0 Å². The maximum atomic E-state index is 12.7. The van der Waals surface area contributed by atoms with Crippen LogP contribution in [0.15, 0.2) is 95.9 Å². The Balaban J connectivity index is 1.54. The van der Waals surface area contributed by atoms with Crippen molar-refractivity contribution >= 4 is 10.9 Å². The second-order valence-corrected chi connectivity index (χ2v) is 9.44. The summed E-state index contributed by atoms with van der Waals surface area (Å²) in [6, 6.07) is 29.2. The Morgan fingerprint density at radius 3 is 2.33 bits per heavy atom. The molecule has 0 aliphatic carbocycles. The summed E-state index contributed by atoms with van der Waals surface area (Å²) in [5.41, 5.74) is 8.11. The molecule has 5 nitrogen and oxygen atoms in total. The number of benzene rings is 3. The minimum atomic E-state index is -0.103. The number of hydrogen-bond acceptors (Lipinski definition) is 3. The maximum absolute atomic E-state index is 12.7. The highest BCUT2D eigenvalue weighted by Gasteiger charge is 2.17. The van der Waals surface area contributed by atoms with Gasteiger partial charge in [0.25, 0.3) is 5.56 Å². The summed E-state index contributed by atoms with van der Waals surface area (Å²) in [6.45, 7) is 2.85. The van der Waals surface area contributed by atoms with Crippen LogP contribution in [0.3, 0.4) is 0 Å². The van der Waals surface area contributed by atoms with Crippen molar-refractivity contribution in [3.8, 4) is 33.5 Å². The number of aromatic nitrogens is 2. The lowest BCUT2D eigenvalue weighted by atomic mass is 9.96. The number of aromatic amines is 2. The molecule has 5 aromatic rings. The lowest BCUT2D eigenvalue weighted by molar-refractivity contribution is 0.394. The summed E-state index contributed by atoms with van der Waals surface area (Å²) in [4.78, 5) is 21.3. The smallest absolute Gasteiger partial charge is 0.257 e. The van der Waals surface area contributed by atoms with Crippen molar-refractivity contribution < 1.29 is 0 Å². The first-order valence-electron chi connectivity index (χ1n) is 12.4. The van der Waals surface area contributed by atoms with Gasteiger partial charge < -0.3 is 20.2 Å². The van der Waals surface area contributed by atoms with E-state index < -0.39 is 0 Å². The van der Waals surface area contributed by atoms with E-state index in [2.05, 4.69) is 101 Å². The van der Waals surface area contributed by atoms with E-state index in [0.717, 1.165) is 53.8 Å².